The van der Waals surface area contributed by atoms with Gasteiger partial charge in [0.1, 0.15) is 5.84 Å². The largest absolute Gasteiger partial charge is 0.365 e. The summed E-state index contributed by atoms with van der Waals surface area (Å²) in [4.78, 5) is 20.2. The van der Waals surface area contributed by atoms with E-state index in [-0.39, 0.29) is 0 Å². The summed E-state index contributed by atoms with van der Waals surface area (Å²) >= 11 is 0. The van der Waals surface area contributed by atoms with Crippen molar-refractivity contribution in [3.8, 4) is 0 Å². The summed E-state index contributed by atoms with van der Waals surface area (Å²) in [5.41, 5.74) is 3.55. The van der Waals surface area contributed by atoms with Gasteiger partial charge in [-0.2, -0.15) is 0 Å². The molecule has 1 aromatic carbocycles. The minimum Gasteiger partial charge on any atom is -0.337 e. The molecular formula is C9H8N2O2. The van der Waals surface area contributed by atoms with Crippen LogP contribution in [-0.4, -0.2) is 11.8 Å². The number of hydrogen-bond donors (Lipinski definition) is 1. The Labute approximate surface area is 75.2 Å². The average molecular weight is 176 g/mol. The molecule has 13 heavy (non-hydrogen) atoms. The number of nitrogens with zero attached hydrogens (tertiary/aromatic N) is 1. The fourth-order valence-corrected chi connectivity index (χ4v) is 1.12. The zero-order valence-corrected chi connectivity index (χ0v) is 7.07. The van der Waals surface area contributed by atoms with Crippen LogP contribution in [0.15, 0.2) is 29.3 Å². The van der Waals surface area contributed by atoms with Crippen LogP contribution in [0.4, 0.5) is 5.69 Å². The molecule has 66 valence electrons. The van der Waals surface area contributed by atoms with E-state index in [9.17, 15) is 4.79 Å². The van der Waals surface area contributed by atoms with E-state index >= 15 is 0 Å². The highest BCUT2D eigenvalue weighted by Crippen LogP contribution is 2.20. The number of aliphatic imine (C=N–C) groups is 1. The number of amidine groups is 1. The second kappa shape index (κ2) is 2.90. The van der Waals surface area contributed by atoms with Crippen LogP contribution in [0.5, 0.6) is 0 Å². The number of benzene rings is 1. The van der Waals surface area contributed by atoms with E-state index in [0.717, 1.165) is 0 Å². The molecule has 0 saturated heterocycles. The van der Waals surface area contributed by atoms with E-state index in [0.29, 0.717) is 17.1 Å². The summed E-state index contributed by atoms with van der Waals surface area (Å²) in [7, 11) is 0. The zero-order chi connectivity index (χ0) is 9.26. The fourth-order valence-electron chi connectivity index (χ4n) is 1.12. The number of hydroxylamine groups is 1. The first kappa shape index (κ1) is 7.79. The molecule has 4 heteroatoms. The summed E-state index contributed by atoms with van der Waals surface area (Å²) in [6.45, 7) is 1.73. The molecule has 0 aliphatic carbocycles. The maximum atomic E-state index is 11.3. The molecule has 1 aromatic rings. The van der Waals surface area contributed by atoms with Crippen LogP contribution in [0.1, 0.15) is 17.3 Å². The summed E-state index contributed by atoms with van der Waals surface area (Å²) in [6.07, 6.45) is 0. The third kappa shape index (κ3) is 1.38. The number of nitrogens with one attached hydrogen (secondary N) is 1. The highest BCUT2D eigenvalue weighted by molar-refractivity contribution is 5.98. The fraction of sp³-hybridized carbons (Fsp3) is 0.111. The molecule has 1 aliphatic heterocycles. The number of carbonyl (C=O) groups excluding carboxylic acids is 1. The smallest absolute Gasteiger partial charge is 0.337 e. The van der Waals surface area contributed by atoms with Gasteiger partial charge in [0.05, 0.1) is 11.3 Å². The summed E-state index contributed by atoms with van der Waals surface area (Å²) in [5, 5.41) is 0. The average Bonchev–Trinajstić information content (AvgIpc) is 2.27. The maximum Gasteiger partial charge on any atom is 0.365 e. The Bertz CT molecular complexity index is 385. The van der Waals surface area contributed by atoms with E-state index in [1.165, 1.54) is 0 Å². The quantitative estimate of drug-likeness (QED) is 0.650. The first-order valence-corrected chi connectivity index (χ1v) is 3.89. The van der Waals surface area contributed by atoms with Gasteiger partial charge in [0, 0.05) is 0 Å². The summed E-state index contributed by atoms with van der Waals surface area (Å²) in [5.74, 6) is 0.162. The molecule has 0 aromatic heterocycles. The lowest BCUT2D eigenvalue weighted by Gasteiger charge is -2.00. The lowest BCUT2D eigenvalue weighted by Crippen LogP contribution is -2.22. The topological polar surface area (TPSA) is 50.7 Å². The van der Waals surface area contributed by atoms with Gasteiger partial charge in [-0.1, -0.05) is 12.1 Å². The Hall–Kier alpha value is -1.84. The molecule has 1 heterocycles. The van der Waals surface area contributed by atoms with Gasteiger partial charge in [-0.05, 0) is 19.1 Å². The number of fused-ring (bicyclic) bond motifs is 1. The Morgan fingerprint density at radius 2 is 2.15 bits per heavy atom. The Morgan fingerprint density at radius 1 is 1.38 bits per heavy atom. The van der Waals surface area contributed by atoms with Gasteiger partial charge in [-0.3, -0.25) is 0 Å². The number of rotatable bonds is 0. The SMILES string of the molecule is CC1=Nc2ccccc2C(=O)ON1. The van der Waals surface area contributed by atoms with Gasteiger partial charge in [0.25, 0.3) is 0 Å². The molecule has 0 atom stereocenters. The van der Waals surface area contributed by atoms with Gasteiger partial charge in [0.15, 0.2) is 0 Å². The predicted molar refractivity (Wildman–Crippen MR) is 47.8 cm³/mol. The maximum absolute atomic E-state index is 11.3. The van der Waals surface area contributed by atoms with Crippen molar-refractivity contribution < 1.29 is 9.63 Å². The van der Waals surface area contributed by atoms with Crippen molar-refractivity contribution in [3.05, 3.63) is 29.8 Å². The second-order valence-corrected chi connectivity index (χ2v) is 2.71. The van der Waals surface area contributed by atoms with Crippen LogP contribution >= 0.6 is 0 Å². The van der Waals surface area contributed by atoms with Gasteiger partial charge in [-0.15, -0.1) is 0 Å². The molecule has 0 amide bonds. The van der Waals surface area contributed by atoms with Crippen LogP contribution in [0.25, 0.3) is 0 Å². The van der Waals surface area contributed by atoms with Crippen LogP contribution < -0.4 is 5.48 Å². The van der Waals surface area contributed by atoms with Gasteiger partial charge < -0.3 is 4.84 Å². The van der Waals surface area contributed by atoms with Crippen molar-refractivity contribution in [1.29, 1.82) is 0 Å². The third-order valence-electron chi connectivity index (χ3n) is 1.70. The van der Waals surface area contributed by atoms with E-state index in [1.807, 2.05) is 6.07 Å². The van der Waals surface area contributed by atoms with Crippen LogP contribution in [0, 0.1) is 0 Å². The van der Waals surface area contributed by atoms with Crippen LogP contribution in [0.3, 0.4) is 0 Å². The lowest BCUT2D eigenvalue weighted by atomic mass is 10.2. The van der Waals surface area contributed by atoms with E-state index in [4.69, 9.17) is 4.84 Å². The van der Waals surface area contributed by atoms with Crippen LogP contribution in [0.2, 0.25) is 0 Å². The third-order valence-corrected chi connectivity index (χ3v) is 1.70. The van der Waals surface area contributed by atoms with E-state index < -0.39 is 5.97 Å². The molecule has 0 radical (unpaired) electrons. The molecule has 0 bridgehead atoms. The molecule has 0 unspecified atom stereocenters. The molecule has 1 aliphatic rings. The number of carbonyl (C=O) groups is 1. The monoisotopic (exact) mass is 176 g/mol. The van der Waals surface area contributed by atoms with Crippen molar-refractivity contribution in [2.75, 3.05) is 0 Å². The molecule has 2 rings (SSSR count). The molecule has 0 saturated carbocycles. The Morgan fingerprint density at radius 3 is 3.00 bits per heavy atom. The molecule has 0 fully saturated rings. The van der Waals surface area contributed by atoms with Crippen molar-refractivity contribution >= 4 is 17.5 Å². The Balaban J connectivity index is 2.57. The molecule has 0 spiro atoms. The Kier molecular flexibility index (Phi) is 1.73. The van der Waals surface area contributed by atoms with Crippen molar-refractivity contribution in [2.45, 2.75) is 6.92 Å². The van der Waals surface area contributed by atoms with Crippen LogP contribution in [-0.2, 0) is 4.84 Å². The number of para-hydroxylation sites is 1. The first-order chi connectivity index (χ1) is 6.27. The van der Waals surface area contributed by atoms with Crippen molar-refractivity contribution in [3.63, 3.8) is 0 Å². The van der Waals surface area contributed by atoms with Gasteiger partial charge in [0.2, 0.25) is 0 Å². The highest BCUT2D eigenvalue weighted by Gasteiger charge is 2.15. The lowest BCUT2D eigenvalue weighted by molar-refractivity contribution is 0.0391. The summed E-state index contributed by atoms with van der Waals surface area (Å²) in [6, 6.07) is 7.05. The molecule has 4 nitrogen and oxygen atoms in total. The zero-order valence-electron chi connectivity index (χ0n) is 7.07. The minimum atomic E-state index is -0.406. The first-order valence-electron chi connectivity index (χ1n) is 3.89. The standard InChI is InChI=1S/C9H8N2O2/c1-6-10-8-5-3-2-4-7(8)9(12)13-11-6/h2-5H,1H3,(H,10,11). The molecule has 1 N–H and O–H groups in total. The minimum absolute atomic E-state index is 0.406. The predicted octanol–water partition coefficient (Wildman–Crippen LogP) is 1.41. The van der Waals surface area contributed by atoms with E-state index in [2.05, 4.69) is 10.5 Å². The van der Waals surface area contributed by atoms with Gasteiger partial charge >= 0.3 is 5.97 Å². The van der Waals surface area contributed by atoms with Crippen molar-refractivity contribution in [1.82, 2.24) is 5.48 Å². The van der Waals surface area contributed by atoms with E-state index in [1.54, 1.807) is 25.1 Å². The molecular weight excluding hydrogens is 168 g/mol. The van der Waals surface area contributed by atoms with Gasteiger partial charge in [-0.25, -0.2) is 15.3 Å². The summed E-state index contributed by atoms with van der Waals surface area (Å²) < 4.78 is 0. The second-order valence-electron chi connectivity index (χ2n) is 2.71. The normalized spacial score (nSPS) is 14.8. The number of hydrogen-bond acceptors (Lipinski definition) is 4. The van der Waals surface area contributed by atoms with Crippen molar-refractivity contribution in [2.24, 2.45) is 4.99 Å². The highest BCUT2D eigenvalue weighted by atomic mass is 16.7.